The van der Waals surface area contributed by atoms with Crippen molar-refractivity contribution in [2.24, 2.45) is 5.92 Å². The van der Waals surface area contributed by atoms with Gasteiger partial charge in [-0.3, -0.25) is 9.69 Å². The van der Waals surface area contributed by atoms with Crippen molar-refractivity contribution in [2.75, 3.05) is 19.6 Å². The van der Waals surface area contributed by atoms with Gasteiger partial charge in [-0.1, -0.05) is 13.0 Å². The Balaban J connectivity index is 1.95. The molecule has 0 bridgehead atoms. The van der Waals surface area contributed by atoms with E-state index in [1.807, 2.05) is 25.1 Å². The van der Waals surface area contributed by atoms with E-state index in [1.165, 1.54) is 18.4 Å². The summed E-state index contributed by atoms with van der Waals surface area (Å²) in [5, 5.41) is 3.12. The SMILES string of the molecule is Cc1ccc(C(=O)NCC(C)(C)N2CCCC(C)C2)cc1C. The Labute approximate surface area is 135 Å². The fraction of sp³-hybridized carbons (Fsp3) is 0.632. The van der Waals surface area contributed by atoms with Crippen LogP contribution in [0, 0.1) is 19.8 Å². The highest BCUT2D eigenvalue weighted by atomic mass is 16.1. The Morgan fingerprint density at radius 2 is 2.05 bits per heavy atom. The standard InChI is InChI=1S/C19H30N2O/c1-14-7-6-10-21(12-14)19(4,5)13-20-18(22)17-9-8-15(2)16(3)11-17/h8-9,11,14H,6-7,10,12-13H2,1-5H3,(H,20,22). The maximum atomic E-state index is 12.4. The minimum Gasteiger partial charge on any atom is -0.350 e. The van der Waals surface area contributed by atoms with Gasteiger partial charge in [0.1, 0.15) is 0 Å². The van der Waals surface area contributed by atoms with Gasteiger partial charge >= 0.3 is 0 Å². The number of amides is 1. The van der Waals surface area contributed by atoms with Gasteiger partial charge in [-0.05, 0) is 76.3 Å². The number of carbonyl (C=O) groups excluding carboxylic acids is 1. The summed E-state index contributed by atoms with van der Waals surface area (Å²) >= 11 is 0. The summed E-state index contributed by atoms with van der Waals surface area (Å²) in [6.45, 7) is 13.8. The van der Waals surface area contributed by atoms with E-state index >= 15 is 0 Å². The molecule has 1 fully saturated rings. The van der Waals surface area contributed by atoms with Gasteiger partial charge < -0.3 is 5.32 Å². The zero-order chi connectivity index (χ0) is 16.3. The topological polar surface area (TPSA) is 32.3 Å². The third-order valence-electron chi connectivity index (χ3n) is 4.96. The molecule has 2 rings (SSSR count). The maximum Gasteiger partial charge on any atom is 0.251 e. The Bertz CT molecular complexity index is 536. The summed E-state index contributed by atoms with van der Waals surface area (Å²) in [5.74, 6) is 0.782. The Hall–Kier alpha value is -1.35. The number of hydrogen-bond donors (Lipinski definition) is 1. The lowest BCUT2D eigenvalue weighted by Crippen LogP contribution is -2.54. The van der Waals surface area contributed by atoms with E-state index < -0.39 is 0 Å². The monoisotopic (exact) mass is 302 g/mol. The lowest BCUT2D eigenvalue weighted by atomic mass is 9.93. The Morgan fingerprint density at radius 3 is 2.68 bits per heavy atom. The van der Waals surface area contributed by atoms with Crippen LogP contribution in [0.3, 0.4) is 0 Å². The average Bonchev–Trinajstić information content (AvgIpc) is 2.48. The van der Waals surface area contributed by atoms with Gasteiger partial charge in [0.05, 0.1) is 0 Å². The van der Waals surface area contributed by atoms with Crippen LogP contribution in [0.2, 0.25) is 0 Å². The lowest BCUT2D eigenvalue weighted by Gasteiger charge is -2.43. The van der Waals surface area contributed by atoms with Crippen molar-refractivity contribution in [3.05, 3.63) is 34.9 Å². The summed E-state index contributed by atoms with van der Waals surface area (Å²) in [4.78, 5) is 14.9. The number of benzene rings is 1. The lowest BCUT2D eigenvalue weighted by molar-refractivity contribution is 0.0657. The highest BCUT2D eigenvalue weighted by Crippen LogP contribution is 2.23. The molecule has 1 amide bonds. The average molecular weight is 302 g/mol. The van der Waals surface area contributed by atoms with E-state index in [-0.39, 0.29) is 11.4 Å². The van der Waals surface area contributed by atoms with Crippen LogP contribution < -0.4 is 5.32 Å². The summed E-state index contributed by atoms with van der Waals surface area (Å²) in [5.41, 5.74) is 3.14. The molecule has 1 N–H and O–H groups in total. The zero-order valence-corrected chi connectivity index (χ0v) is 14.7. The first kappa shape index (κ1) is 17.0. The molecule has 3 nitrogen and oxygen atoms in total. The first-order valence-corrected chi connectivity index (χ1v) is 8.40. The first-order chi connectivity index (χ1) is 10.3. The predicted octanol–water partition coefficient (Wildman–Crippen LogP) is 3.54. The molecule has 1 aromatic rings. The van der Waals surface area contributed by atoms with Crippen molar-refractivity contribution >= 4 is 5.91 Å². The minimum absolute atomic E-state index is 0.00405. The van der Waals surface area contributed by atoms with Gasteiger partial charge in [0, 0.05) is 24.2 Å². The number of nitrogens with zero attached hydrogens (tertiary/aromatic N) is 1. The molecule has 1 saturated heterocycles. The van der Waals surface area contributed by atoms with Crippen molar-refractivity contribution in [3.8, 4) is 0 Å². The van der Waals surface area contributed by atoms with E-state index in [9.17, 15) is 4.79 Å². The van der Waals surface area contributed by atoms with Gasteiger partial charge in [0.15, 0.2) is 0 Å². The summed E-state index contributed by atoms with van der Waals surface area (Å²) in [7, 11) is 0. The van der Waals surface area contributed by atoms with Gasteiger partial charge in [-0.25, -0.2) is 0 Å². The van der Waals surface area contributed by atoms with Crippen LogP contribution in [0.25, 0.3) is 0 Å². The van der Waals surface area contributed by atoms with Gasteiger partial charge in [-0.2, -0.15) is 0 Å². The Morgan fingerprint density at radius 1 is 1.32 bits per heavy atom. The molecule has 1 aromatic carbocycles. The van der Waals surface area contributed by atoms with Crippen LogP contribution in [-0.2, 0) is 0 Å². The van der Waals surface area contributed by atoms with E-state index in [4.69, 9.17) is 0 Å². The van der Waals surface area contributed by atoms with E-state index in [2.05, 4.69) is 37.9 Å². The van der Waals surface area contributed by atoms with Crippen molar-refractivity contribution < 1.29 is 4.79 Å². The molecular formula is C19H30N2O. The molecule has 0 aromatic heterocycles. The second-order valence-electron chi connectivity index (χ2n) is 7.49. The number of nitrogens with one attached hydrogen (secondary N) is 1. The quantitative estimate of drug-likeness (QED) is 0.922. The largest absolute Gasteiger partial charge is 0.350 e. The molecule has 0 spiro atoms. The zero-order valence-electron chi connectivity index (χ0n) is 14.7. The number of aryl methyl sites for hydroxylation is 2. The second kappa shape index (κ2) is 6.82. The molecule has 22 heavy (non-hydrogen) atoms. The highest BCUT2D eigenvalue weighted by molar-refractivity contribution is 5.94. The number of hydrogen-bond acceptors (Lipinski definition) is 2. The van der Waals surface area contributed by atoms with E-state index in [1.54, 1.807) is 0 Å². The molecule has 122 valence electrons. The van der Waals surface area contributed by atoms with Gasteiger partial charge in [-0.15, -0.1) is 0 Å². The summed E-state index contributed by atoms with van der Waals surface area (Å²) in [6, 6.07) is 5.90. The molecule has 0 radical (unpaired) electrons. The fourth-order valence-corrected chi connectivity index (χ4v) is 3.13. The predicted molar refractivity (Wildman–Crippen MR) is 92.3 cm³/mol. The summed E-state index contributed by atoms with van der Waals surface area (Å²) < 4.78 is 0. The van der Waals surface area contributed by atoms with Crippen molar-refractivity contribution in [1.82, 2.24) is 10.2 Å². The molecule has 1 aliphatic rings. The van der Waals surface area contributed by atoms with Crippen LogP contribution in [0.5, 0.6) is 0 Å². The third-order valence-corrected chi connectivity index (χ3v) is 4.96. The normalized spacial score (nSPS) is 20.0. The number of rotatable bonds is 4. The first-order valence-electron chi connectivity index (χ1n) is 8.40. The van der Waals surface area contributed by atoms with E-state index in [0.717, 1.165) is 30.1 Å². The van der Waals surface area contributed by atoms with Gasteiger partial charge in [0.25, 0.3) is 5.91 Å². The van der Waals surface area contributed by atoms with Crippen molar-refractivity contribution in [1.29, 1.82) is 0 Å². The second-order valence-corrected chi connectivity index (χ2v) is 7.49. The van der Waals surface area contributed by atoms with Crippen LogP contribution in [-0.4, -0.2) is 36.0 Å². The molecule has 1 heterocycles. The van der Waals surface area contributed by atoms with Crippen LogP contribution in [0.4, 0.5) is 0 Å². The molecular weight excluding hydrogens is 272 g/mol. The van der Waals surface area contributed by atoms with Crippen LogP contribution in [0.15, 0.2) is 18.2 Å². The third kappa shape index (κ3) is 4.10. The minimum atomic E-state index is 0.00405. The number of carbonyl (C=O) groups is 1. The number of likely N-dealkylation sites (tertiary alicyclic amines) is 1. The number of piperidine rings is 1. The maximum absolute atomic E-state index is 12.4. The Kier molecular flexibility index (Phi) is 5.28. The molecule has 0 aliphatic carbocycles. The fourth-order valence-electron chi connectivity index (χ4n) is 3.13. The molecule has 1 atom stereocenters. The van der Waals surface area contributed by atoms with Crippen molar-refractivity contribution in [2.45, 2.75) is 53.0 Å². The molecule has 1 aliphatic heterocycles. The van der Waals surface area contributed by atoms with Crippen LogP contribution >= 0.6 is 0 Å². The highest BCUT2D eigenvalue weighted by Gasteiger charge is 2.30. The van der Waals surface area contributed by atoms with Crippen molar-refractivity contribution in [3.63, 3.8) is 0 Å². The smallest absolute Gasteiger partial charge is 0.251 e. The molecule has 0 saturated carbocycles. The van der Waals surface area contributed by atoms with Crippen LogP contribution in [0.1, 0.15) is 55.1 Å². The summed E-state index contributed by atoms with van der Waals surface area (Å²) in [6.07, 6.45) is 2.58. The molecule has 3 heteroatoms. The molecule has 1 unspecified atom stereocenters. The van der Waals surface area contributed by atoms with E-state index in [0.29, 0.717) is 6.54 Å². The van der Waals surface area contributed by atoms with Gasteiger partial charge in [0.2, 0.25) is 0 Å².